The molecule has 0 radical (unpaired) electrons. The lowest BCUT2D eigenvalue weighted by Crippen LogP contribution is -2.57. The van der Waals surface area contributed by atoms with Gasteiger partial charge in [0.25, 0.3) is 0 Å². The van der Waals surface area contributed by atoms with Crippen LogP contribution in [0.3, 0.4) is 0 Å². The number of hydrogen-bond donors (Lipinski definition) is 2. The number of carbonyl (C=O) groups is 1. The molecule has 0 aromatic carbocycles. The molecule has 0 spiro atoms. The lowest BCUT2D eigenvalue weighted by Gasteiger charge is -2.62. The molecule has 3 heteroatoms. The van der Waals surface area contributed by atoms with E-state index in [1.54, 1.807) is 0 Å². The Balaban J connectivity index is 2.02. The summed E-state index contributed by atoms with van der Waals surface area (Å²) in [7, 11) is 0. The summed E-state index contributed by atoms with van der Waals surface area (Å²) in [6.07, 6.45) is 7.56. The molecule has 0 saturated heterocycles. The van der Waals surface area contributed by atoms with Crippen molar-refractivity contribution in [3.8, 4) is 0 Å². The quantitative estimate of drug-likeness (QED) is 0.678. The molecule has 3 nitrogen and oxygen atoms in total. The van der Waals surface area contributed by atoms with E-state index in [9.17, 15) is 15.0 Å². The Bertz CT molecular complexity index is 565. The molecule has 0 amide bonds. The third-order valence-electron chi connectivity index (χ3n) is 8.41. The fourth-order valence-corrected chi connectivity index (χ4v) is 6.85. The van der Waals surface area contributed by atoms with Crippen molar-refractivity contribution < 1.29 is 15.0 Å². The first kappa shape index (κ1) is 18.0. The van der Waals surface area contributed by atoms with Gasteiger partial charge in [0.1, 0.15) is 0 Å². The smallest absolute Gasteiger partial charge is 0.309 e. The van der Waals surface area contributed by atoms with Gasteiger partial charge < -0.3 is 10.2 Å². The topological polar surface area (TPSA) is 57.5 Å². The van der Waals surface area contributed by atoms with E-state index in [4.69, 9.17) is 0 Å². The van der Waals surface area contributed by atoms with Crippen molar-refractivity contribution in [3.05, 3.63) is 12.2 Å². The maximum Gasteiger partial charge on any atom is 0.309 e. The molecule has 0 aliphatic heterocycles. The van der Waals surface area contributed by atoms with E-state index in [1.165, 1.54) is 0 Å². The number of rotatable bonds is 1. The van der Waals surface area contributed by atoms with Gasteiger partial charge in [0.15, 0.2) is 0 Å². The number of aliphatic carboxylic acids is 1. The minimum atomic E-state index is -0.781. The monoisotopic (exact) mass is 334 g/mol. The number of carboxylic acids is 1. The van der Waals surface area contributed by atoms with Crippen molar-refractivity contribution >= 4 is 5.97 Å². The van der Waals surface area contributed by atoms with Gasteiger partial charge in [-0.3, -0.25) is 4.79 Å². The van der Waals surface area contributed by atoms with Crippen LogP contribution in [0, 0.1) is 28.1 Å². The van der Waals surface area contributed by atoms with Crippen LogP contribution in [0.15, 0.2) is 12.2 Å². The zero-order chi connectivity index (χ0) is 18.0. The molecule has 3 aliphatic rings. The molecule has 136 valence electrons. The van der Waals surface area contributed by atoms with Gasteiger partial charge in [0.2, 0.25) is 0 Å². The Hall–Kier alpha value is -0.830. The second-order valence-corrected chi connectivity index (χ2v) is 9.97. The van der Waals surface area contributed by atoms with Crippen molar-refractivity contribution in [2.45, 2.75) is 84.7 Å². The van der Waals surface area contributed by atoms with Gasteiger partial charge in [-0.05, 0) is 87.0 Å². The Morgan fingerprint density at radius 2 is 1.67 bits per heavy atom. The largest absolute Gasteiger partial charge is 0.481 e. The zero-order valence-corrected chi connectivity index (χ0v) is 15.8. The average Bonchev–Trinajstić information content (AvgIpc) is 2.54. The SMILES string of the molecule is C=C1C[C@@]2(C)CC[C@H]3[C@@](C)(CCC[C@@]3(C)C(=O)O)[C@@H]2CCC1(C)O. The van der Waals surface area contributed by atoms with E-state index in [-0.39, 0.29) is 16.7 Å². The van der Waals surface area contributed by atoms with Gasteiger partial charge in [-0.2, -0.15) is 0 Å². The molecule has 3 fully saturated rings. The molecule has 0 bridgehead atoms. The third kappa shape index (κ3) is 2.38. The molecule has 3 aliphatic carbocycles. The molecule has 3 saturated carbocycles. The van der Waals surface area contributed by atoms with Crippen molar-refractivity contribution in [1.82, 2.24) is 0 Å². The van der Waals surface area contributed by atoms with E-state index in [0.29, 0.717) is 5.92 Å². The first-order chi connectivity index (χ1) is 11.0. The molecular formula is C21H34O3. The van der Waals surface area contributed by atoms with Crippen LogP contribution < -0.4 is 0 Å². The Labute approximate surface area is 146 Å². The van der Waals surface area contributed by atoms with Crippen molar-refractivity contribution in [2.24, 2.45) is 28.1 Å². The molecule has 2 N–H and O–H groups in total. The second-order valence-electron chi connectivity index (χ2n) is 9.97. The fourth-order valence-electron chi connectivity index (χ4n) is 6.85. The summed E-state index contributed by atoms with van der Waals surface area (Å²) >= 11 is 0. The van der Waals surface area contributed by atoms with E-state index in [2.05, 4.69) is 20.4 Å². The van der Waals surface area contributed by atoms with Gasteiger partial charge >= 0.3 is 5.97 Å². The lowest BCUT2D eigenvalue weighted by molar-refractivity contribution is -0.176. The van der Waals surface area contributed by atoms with Crippen LogP contribution in [0.4, 0.5) is 0 Å². The molecular weight excluding hydrogens is 300 g/mol. The molecule has 6 atom stereocenters. The van der Waals surface area contributed by atoms with Crippen molar-refractivity contribution in [1.29, 1.82) is 0 Å². The van der Waals surface area contributed by atoms with Crippen LogP contribution >= 0.6 is 0 Å². The van der Waals surface area contributed by atoms with Gasteiger partial charge in [-0.1, -0.05) is 26.8 Å². The maximum absolute atomic E-state index is 12.1. The molecule has 24 heavy (non-hydrogen) atoms. The summed E-state index contributed by atoms with van der Waals surface area (Å²) in [6.45, 7) is 12.8. The molecule has 3 rings (SSSR count). The Morgan fingerprint density at radius 3 is 2.29 bits per heavy atom. The standard InChI is InChI=1S/C21H34O3/c1-14-13-18(2)11-7-16-19(3,15(18)8-12-21(14,5)24)9-6-10-20(16,4)17(22)23/h15-16,24H,1,6-13H2,2-5H3,(H,22,23)/t15-,16+,18-,19+,20-,21?/m1/s1. The third-order valence-corrected chi connectivity index (χ3v) is 8.41. The summed E-state index contributed by atoms with van der Waals surface area (Å²) < 4.78 is 0. The second kappa shape index (κ2) is 5.33. The highest BCUT2D eigenvalue weighted by molar-refractivity contribution is 5.75. The predicted molar refractivity (Wildman–Crippen MR) is 95.6 cm³/mol. The summed E-state index contributed by atoms with van der Waals surface area (Å²) in [5.41, 5.74) is -0.221. The summed E-state index contributed by atoms with van der Waals surface area (Å²) in [4.78, 5) is 12.1. The van der Waals surface area contributed by atoms with Gasteiger partial charge in [-0.25, -0.2) is 0 Å². The molecule has 0 heterocycles. The molecule has 0 aromatic heterocycles. The van der Waals surface area contributed by atoms with E-state index in [1.807, 2.05) is 13.8 Å². The summed E-state index contributed by atoms with van der Waals surface area (Å²) in [5, 5.41) is 20.7. The highest BCUT2D eigenvalue weighted by Gasteiger charge is 2.62. The van der Waals surface area contributed by atoms with Crippen molar-refractivity contribution in [2.75, 3.05) is 0 Å². The van der Waals surface area contributed by atoms with E-state index >= 15 is 0 Å². The highest BCUT2D eigenvalue weighted by atomic mass is 16.4. The maximum atomic E-state index is 12.1. The van der Waals surface area contributed by atoms with E-state index in [0.717, 1.165) is 56.9 Å². The van der Waals surface area contributed by atoms with Crippen LogP contribution in [0.2, 0.25) is 0 Å². The summed E-state index contributed by atoms with van der Waals surface area (Å²) in [5.74, 6) is 0.0890. The first-order valence-electron chi connectivity index (χ1n) is 9.60. The Kier molecular flexibility index (Phi) is 3.99. The van der Waals surface area contributed by atoms with Crippen LogP contribution in [-0.4, -0.2) is 21.8 Å². The minimum Gasteiger partial charge on any atom is -0.481 e. The van der Waals surface area contributed by atoms with Crippen LogP contribution in [0.25, 0.3) is 0 Å². The lowest BCUT2D eigenvalue weighted by atomic mass is 9.42. The fraction of sp³-hybridized carbons (Fsp3) is 0.857. The zero-order valence-electron chi connectivity index (χ0n) is 15.8. The molecule has 1 unspecified atom stereocenters. The van der Waals surface area contributed by atoms with Crippen LogP contribution in [0.1, 0.15) is 79.1 Å². The van der Waals surface area contributed by atoms with Crippen LogP contribution in [0.5, 0.6) is 0 Å². The van der Waals surface area contributed by atoms with Gasteiger partial charge in [-0.15, -0.1) is 0 Å². The van der Waals surface area contributed by atoms with Gasteiger partial charge in [0.05, 0.1) is 11.0 Å². The Morgan fingerprint density at radius 1 is 1.04 bits per heavy atom. The van der Waals surface area contributed by atoms with E-state index < -0.39 is 17.0 Å². The number of aliphatic hydroxyl groups is 1. The number of hydrogen-bond acceptors (Lipinski definition) is 2. The van der Waals surface area contributed by atoms with Crippen molar-refractivity contribution in [3.63, 3.8) is 0 Å². The predicted octanol–water partition coefficient (Wildman–Crippen LogP) is 4.79. The number of carboxylic acid groups (broad SMARTS) is 1. The summed E-state index contributed by atoms with van der Waals surface area (Å²) in [6, 6.07) is 0. The average molecular weight is 335 g/mol. The number of fused-ring (bicyclic) bond motifs is 3. The van der Waals surface area contributed by atoms with Crippen LogP contribution in [-0.2, 0) is 4.79 Å². The van der Waals surface area contributed by atoms with Gasteiger partial charge in [0, 0.05) is 0 Å². The molecule has 0 aromatic rings. The normalized spacial score (nSPS) is 52.1. The minimum absolute atomic E-state index is 0.0547. The first-order valence-corrected chi connectivity index (χ1v) is 9.60. The highest BCUT2D eigenvalue weighted by Crippen LogP contribution is 2.67.